The van der Waals surface area contributed by atoms with Gasteiger partial charge in [0.1, 0.15) is 0 Å². The van der Waals surface area contributed by atoms with Gasteiger partial charge in [-0.1, -0.05) is 6.07 Å². The second-order valence-corrected chi connectivity index (χ2v) is 3.84. The second kappa shape index (κ2) is 4.43. The molecule has 4 heteroatoms. The SMILES string of the molecule is Cc1ccc2c(c1CCCC(=O)O)OCO2. The van der Waals surface area contributed by atoms with Crippen molar-refractivity contribution in [2.45, 2.75) is 26.2 Å². The summed E-state index contributed by atoms with van der Waals surface area (Å²) in [5.74, 6) is 0.781. The summed E-state index contributed by atoms with van der Waals surface area (Å²) in [7, 11) is 0. The molecule has 1 N–H and O–H groups in total. The fourth-order valence-corrected chi connectivity index (χ4v) is 1.86. The molecular formula is C12H14O4. The van der Waals surface area contributed by atoms with Crippen molar-refractivity contribution in [3.05, 3.63) is 23.3 Å². The molecule has 0 bridgehead atoms. The molecule has 0 saturated heterocycles. The molecule has 0 unspecified atom stereocenters. The summed E-state index contributed by atoms with van der Waals surface area (Å²) >= 11 is 0. The summed E-state index contributed by atoms with van der Waals surface area (Å²) < 4.78 is 10.7. The number of rotatable bonds is 4. The topological polar surface area (TPSA) is 55.8 Å². The third-order valence-corrected chi connectivity index (χ3v) is 2.69. The lowest BCUT2D eigenvalue weighted by Gasteiger charge is -2.08. The zero-order chi connectivity index (χ0) is 11.5. The minimum absolute atomic E-state index is 0.184. The first-order chi connectivity index (χ1) is 7.68. The Bertz CT molecular complexity index is 412. The highest BCUT2D eigenvalue weighted by Crippen LogP contribution is 2.37. The van der Waals surface area contributed by atoms with E-state index in [1.807, 2.05) is 19.1 Å². The summed E-state index contributed by atoms with van der Waals surface area (Å²) in [6.45, 7) is 2.25. The Labute approximate surface area is 93.8 Å². The number of aliphatic carboxylic acids is 1. The zero-order valence-corrected chi connectivity index (χ0v) is 9.16. The standard InChI is InChI=1S/C12H14O4/c1-8-5-6-10-12(16-7-15-10)9(8)3-2-4-11(13)14/h5-6H,2-4,7H2,1H3,(H,13,14). The average molecular weight is 222 g/mol. The van der Waals surface area contributed by atoms with Gasteiger partial charge in [-0.3, -0.25) is 4.79 Å². The quantitative estimate of drug-likeness (QED) is 0.847. The number of aryl methyl sites for hydroxylation is 1. The van der Waals surface area contributed by atoms with Gasteiger partial charge in [-0.05, 0) is 31.4 Å². The van der Waals surface area contributed by atoms with E-state index >= 15 is 0 Å². The van der Waals surface area contributed by atoms with Crippen LogP contribution in [0.15, 0.2) is 12.1 Å². The first kappa shape index (κ1) is 10.8. The third-order valence-electron chi connectivity index (χ3n) is 2.69. The van der Waals surface area contributed by atoms with Crippen LogP contribution in [0.1, 0.15) is 24.0 Å². The van der Waals surface area contributed by atoms with Gasteiger partial charge in [0.2, 0.25) is 6.79 Å². The number of fused-ring (bicyclic) bond motifs is 1. The average Bonchev–Trinajstić information content (AvgIpc) is 2.69. The van der Waals surface area contributed by atoms with Crippen LogP contribution >= 0.6 is 0 Å². The molecule has 0 aromatic heterocycles. The van der Waals surface area contributed by atoms with Crippen molar-refractivity contribution in [1.82, 2.24) is 0 Å². The fraction of sp³-hybridized carbons (Fsp3) is 0.417. The monoisotopic (exact) mass is 222 g/mol. The van der Waals surface area contributed by atoms with E-state index in [1.165, 1.54) is 0 Å². The number of benzene rings is 1. The van der Waals surface area contributed by atoms with Crippen LogP contribution in [-0.4, -0.2) is 17.9 Å². The van der Waals surface area contributed by atoms with Crippen LogP contribution < -0.4 is 9.47 Å². The molecule has 16 heavy (non-hydrogen) atoms. The molecular weight excluding hydrogens is 208 g/mol. The van der Waals surface area contributed by atoms with Crippen molar-refractivity contribution in [2.75, 3.05) is 6.79 Å². The van der Waals surface area contributed by atoms with Gasteiger partial charge < -0.3 is 14.6 Å². The number of hydrogen-bond acceptors (Lipinski definition) is 3. The summed E-state index contributed by atoms with van der Waals surface area (Å²) in [6, 6.07) is 3.86. The molecule has 1 heterocycles. The molecule has 0 aliphatic carbocycles. The molecule has 1 aliphatic heterocycles. The van der Waals surface area contributed by atoms with E-state index in [0.717, 1.165) is 22.6 Å². The molecule has 2 rings (SSSR count). The number of hydrogen-bond donors (Lipinski definition) is 1. The molecule has 4 nitrogen and oxygen atoms in total. The minimum atomic E-state index is -0.762. The Balaban J connectivity index is 2.13. The number of carbonyl (C=O) groups is 1. The lowest BCUT2D eigenvalue weighted by Crippen LogP contribution is -1.99. The first-order valence-electron chi connectivity index (χ1n) is 5.28. The summed E-state index contributed by atoms with van der Waals surface area (Å²) in [5.41, 5.74) is 2.19. The van der Waals surface area contributed by atoms with Gasteiger partial charge in [0.15, 0.2) is 11.5 Å². The fourth-order valence-electron chi connectivity index (χ4n) is 1.86. The van der Waals surface area contributed by atoms with Crippen molar-refractivity contribution < 1.29 is 19.4 Å². The molecule has 0 saturated carbocycles. The normalized spacial score (nSPS) is 12.8. The van der Waals surface area contributed by atoms with Crippen molar-refractivity contribution in [2.24, 2.45) is 0 Å². The minimum Gasteiger partial charge on any atom is -0.481 e. The van der Waals surface area contributed by atoms with Crippen LogP contribution in [0.25, 0.3) is 0 Å². The van der Waals surface area contributed by atoms with E-state index in [1.54, 1.807) is 0 Å². The van der Waals surface area contributed by atoms with E-state index in [9.17, 15) is 4.79 Å². The molecule has 0 fully saturated rings. The third kappa shape index (κ3) is 2.10. The Kier molecular flexibility index (Phi) is 2.99. The van der Waals surface area contributed by atoms with Gasteiger partial charge >= 0.3 is 5.97 Å². The van der Waals surface area contributed by atoms with E-state index < -0.39 is 5.97 Å². The van der Waals surface area contributed by atoms with Gasteiger partial charge in [-0.2, -0.15) is 0 Å². The summed E-state index contributed by atoms with van der Waals surface area (Å²) in [6.07, 6.45) is 1.52. The molecule has 1 aromatic rings. The molecule has 0 atom stereocenters. The van der Waals surface area contributed by atoms with Gasteiger partial charge in [0.05, 0.1) is 0 Å². The van der Waals surface area contributed by atoms with Crippen molar-refractivity contribution in [1.29, 1.82) is 0 Å². The van der Waals surface area contributed by atoms with Crippen LogP contribution in [0.3, 0.4) is 0 Å². The van der Waals surface area contributed by atoms with E-state index in [2.05, 4.69) is 0 Å². The smallest absolute Gasteiger partial charge is 0.303 e. The van der Waals surface area contributed by atoms with Crippen LogP contribution in [0.2, 0.25) is 0 Å². The first-order valence-corrected chi connectivity index (χ1v) is 5.28. The van der Waals surface area contributed by atoms with Crippen LogP contribution in [0.4, 0.5) is 0 Å². The maximum atomic E-state index is 10.5. The number of carboxylic acids is 1. The molecule has 0 amide bonds. The van der Waals surface area contributed by atoms with Crippen molar-refractivity contribution in [3.63, 3.8) is 0 Å². The zero-order valence-electron chi connectivity index (χ0n) is 9.16. The Hall–Kier alpha value is -1.71. The van der Waals surface area contributed by atoms with E-state index in [0.29, 0.717) is 12.8 Å². The van der Waals surface area contributed by atoms with Crippen LogP contribution in [0, 0.1) is 6.92 Å². The van der Waals surface area contributed by atoms with Gasteiger partial charge in [-0.25, -0.2) is 0 Å². The highest BCUT2D eigenvalue weighted by molar-refractivity contribution is 5.66. The molecule has 86 valence electrons. The summed E-state index contributed by atoms with van der Waals surface area (Å²) in [5, 5.41) is 8.60. The van der Waals surface area contributed by atoms with Crippen LogP contribution in [-0.2, 0) is 11.2 Å². The van der Waals surface area contributed by atoms with E-state index in [-0.39, 0.29) is 13.2 Å². The largest absolute Gasteiger partial charge is 0.481 e. The Morgan fingerprint density at radius 2 is 2.25 bits per heavy atom. The number of ether oxygens (including phenoxy) is 2. The molecule has 1 aliphatic rings. The maximum absolute atomic E-state index is 10.5. The van der Waals surface area contributed by atoms with Gasteiger partial charge in [0.25, 0.3) is 0 Å². The van der Waals surface area contributed by atoms with Crippen molar-refractivity contribution in [3.8, 4) is 11.5 Å². The predicted molar refractivity (Wildman–Crippen MR) is 57.9 cm³/mol. The maximum Gasteiger partial charge on any atom is 0.303 e. The Morgan fingerprint density at radius 1 is 1.44 bits per heavy atom. The lowest BCUT2D eigenvalue weighted by molar-refractivity contribution is -0.137. The molecule has 1 aromatic carbocycles. The van der Waals surface area contributed by atoms with E-state index in [4.69, 9.17) is 14.6 Å². The Morgan fingerprint density at radius 3 is 3.00 bits per heavy atom. The highest BCUT2D eigenvalue weighted by atomic mass is 16.7. The van der Waals surface area contributed by atoms with Gasteiger partial charge in [-0.15, -0.1) is 0 Å². The number of carboxylic acid groups (broad SMARTS) is 1. The highest BCUT2D eigenvalue weighted by Gasteiger charge is 2.19. The second-order valence-electron chi connectivity index (χ2n) is 3.84. The molecule has 0 radical (unpaired) electrons. The van der Waals surface area contributed by atoms with Gasteiger partial charge in [0, 0.05) is 12.0 Å². The predicted octanol–water partition coefficient (Wildman–Crippen LogP) is 2.13. The summed E-state index contributed by atoms with van der Waals surface area (Å²) in [4.78, 5) is 10.5. The van der Waals surface area contributed by atoms with Crippen molar-refractivity contribution >= 4 is 5.97 Å². The molecule has 0 spiro atoms. The lowest BCUT2D eigenvalue weighted by atomic mass is 10.0. The van der Waals surface area contributed by atoms with Crippen LogP contribution in [0.5, 0.6) is 11.5 Å².